The quantitative estimate of drug-likeness (QED) is 0.839. The second-order valence-electron chi connectivity index (χ2n) is 4.14. The van der Waals surface area contributed by atoms with Crippen molar-refractivity contribution in [2.24, 2.45) is 5.92 Å². The molecule has 1 aliphatic rings. The maximum absolute atomic E-state index is 12.1. The van der Waals surface area contributed by atoms with Gasteiger partial charge >= 0.3 is 0 Å². The first kappa shape index (κ1) is 11.7. The smallest absolute Gasteiger partial charge is 0.228 e. The van der Waals surface area contributed by atoms with Crippen LogP contribution in [0.15, 0.2) is 22.8 Å². The summed E-state index contributed by atoms with van der Waals surface area (Å²) in [6.45, 7) is 3.45. The second kappa shape index (κ2) is 5.03. The summed E-state index contributed by atoms with van der Waals surface area (Å²) in [4.78, 5) is 24.9. The molecule has 2 rings (SSSR count). The normalized spacial score (nSPS) is 19.1. The van der Waals surface area contributed by atoms with Gasteiger partial charge in [0.25, 0.3) is 0 Å². The van der Waals surface area contributed by atoms with E-state index < -0.39 is 0 Å². The van der Waals surface area contributed by atoms with Crippen molar-refractivity contribution in [2.45, 2.75) is 19.9 Å². The summed E-state index contributed by atoms with van der Waals surface area (Å²) in [6, 6.07) is 3.64. The Kier molecular flexibility index (Phi) is 3.46. The predicted molar refractivity (Wildman–Crippen MR) is 60.9 cm³/mol. The van der Waals surface area contributed by atoms with Gasteiger partial charge in [0.1, 0.15) is 5.76 Å². The molecule has 2 heterocycles. The standard InChI is InChI=1S/C12H16N2O3/c1-2-14(8-10-4-3-5-17-10)12(16)9-6-11(15)13-7-9/h3-5,9H,2,6-8H2,1H3,(H,13,15). The number of amides is 2. The number of furan rings is 1. The molecule has 5 nitrogen and oxygen atoms in total. The van der Waals surface area contributed by atoms with Gasteiger partial charge in [0.15, 0.2) is 0 Å². The van der Waals surface area contributed by atoms with Crippen molar-refractivity contribution in [3.05, 3.63) is 24.2 Å². The van der Waals surface area contributed by atoms with Gasteiger partial charge < -0.3 is 14.6 Å². The average Bonchev–Trinajstić information content (AvgIpc) is 2.96. The Balaban J connectivity index is 1.98. The third-order valence-corrected chi connectivity index (χ3v) is 2.95. The number of carbonyl (C=O) groups excluding carboxylic acids is 2. The molecule has 5 heteroatoms. The summed E-state index contributed by atoms with van der Waals surface area (Å²) in [5.74, 6) is 0.509. The summed E-state index contributed by atoms with van der Waals surface area (Å²) >= 11 is 0. The molecule has 1 aromatic heterocycles. The highest BCUT2D eigenvalue weighted by Gasteiger charge is 2.30. The Bertz CT molecular complexity index is 400. The largest absolute Gasteiger partial charge is 0.467 e. The second-order valence-corrected chi connectivity index (χ2v) is 4.14. The molecule has 92 valence electrons. The van der Waals surface area contributed by atoms with Gasteiger partial charge in [-0.25, -0.2) is 0 Å². The van der Waals surface area contributed by atoms with Crippen LogP contribution in [0.1, 0.15) is 19.1 Å². The lowest BCUT2D eigenvalue weighted by Crippen LogP contribution is -2.36. The Morgan fingerprint density at radius 2 is 2.47 bits per heavy atom. The van der Waals surface area contributed by atoms with Crippen LogP contribution in [0.25, 0.3) is 0 Å². The molecule has 1 fully saturated rings. The van der Waals surface area contributed by atoms with E-state index in [4.69, 9.17) is 4.42 Å². The van der Waals surface area contributed by atoms with Crippen LogP contribution in [-0.4, -0.2) is 29.8 Å². The van der Waals surface area contributed by atoms with Crippen molar-refractivity contribution in [3.63, 3.8) is 0 Å². The molecular weight excluding hydrogens is 220 g/mol. The third kappa shape index (κ3) is 2.67. The van der Waals surface area contributed by atoms with Crippen LogP contribution in [0.5, 0.6) is 0 Å². The lowest BCUT2D eigenvalue weighted by Gasteiger charge is -2.22. The summed E-state index contributed by atoms with van der Waals surface area (Å²) < 4.78 is 5.22. The number of rotatable bonds is 4. The summed E-state index contributed by atoms with van der Waals surface area (Å²) in [7, 11) is 0. The van der Waals surface area contributed by atoms with Gasteiger partial charge in [0.05, 0.1) is 18.7 Å². The predicted octanol–water partition coefficient (Wildman–Crippen LogP) is 0.764. The van der Waals surface area contributed by atoms with Gasteiger partial charge in [-0.1, -0.05) is 0 Å². The van der Waals surface area contributed by atoms with E-state index in [2.05, 4.69) is 5.32 Å². The fraction of sp³-hybridized carbons (Fsp3) is 0.500. The van der Waals surface area contributed by atoms with Gasteiger partial charge in [0, 0.05) is 19.5 Å². The van der Waals surface area contributed by atoms with Crippen LogP contribution in [0.2, 0.25) is 0 Å². The molecule has 1 N–H and O–H groups in total. The van der Waals surface area contributed by atoms with E-state index in [1.165, 1.54) is 0 Å². The molecule has 2 amide bonds. The van der Waals surface area contributed by atoms with Gasteiger partial charge in [-0.2, -0.15) is 0 Å². The minimum Gasteiger partial charge on any atom is -0.467 e. The monoisotopic (exact) mass is 236 g/mol. The molecule has 0 aliphatic carbocycles. The fourth-order valence-corrected chi connectivity index (χ4v) is 1.97. The fourth-order valence-electron chi connectivity index (χ4n) is 1.97. The number of hydrogen-bond acceptors (Lipinski definition) is 3. The number of nitrogens with zero attached hydrogens (tertiary/aromatic N) is 1. The molecule has 0 radical (unpaired) electrons. The highest BCUT2D eigenvalue weighted by molar-refractivity contribution is 5.89. The van der Waals surface area contributed by atoms with Crippen LogP contribution in [-0.2, 0) is 16.1 Å². The summed E-state index contributed by atoms with van der Waals surface area (Å²) in [6.07, 6.45) is 1.89. The Morgan fingerprint density at radius 1 is 1.65 bits per heavy atom. The van der Waals surface area contributed by atoms with Crippen molar-refractivity contribution in [2.75, 3.05) is 13.1 Å². The van der Waals surface area contributed by atoms with E-state index in [-0.39, 0.29) is 17.7 Å². The molecule has 1 unspecified atom stereocenters. The Hall–Kier alpha value is -1.78. The van der Waals surface area contributed by atoms with Crippen LogP contribution in [0.3, 0.4) is 0 Å². The zero-order valence-electron chi connectivity index (χ0n) is 9.81. The summed E-state index contributed by atoms with van der Waals surface area (Å²) in [5, 5.41) is 2.68. The first-order chi connectivity index (χ1) is 8.20. The van der Waals surface area contributed by atoms with Crippen LogP contribution >= 0.6 is 0 Å². The molecular formula is C12H16N2O3. The number of nitrogens with one attached hydrogen (secondary N) is 1. The highest BCUT2D eigenvalue weighted by atomic mass is 16.3. The molecule has 17 heavy (non-hydrogen) atoms. The van der Waals surface area contributed by atoms with Crippen LogP contribution < -0.4 is 5.32 Å². The Labute approximate surface area is 99.8 Å². The molecule has 0 saturated carbocycles. The lowest BCUT2D eigenvalue weighted by molar-refractivity contribution is -0.136. The summed E-state index contributed by atoms with van der Waals surface area (Å²) in [5.41, 5.74) is 0. The van der Waals surface area contributed by atoms with E-state index in [9.17, 15) is 9.59 Å². The van der Waals surface area contributed by atoms with Crippen molar-refractivity contribution in [1.29, 1.82) is 0 Å². The lowest BCUT2D eigenvalue weighted by atomic mass is 10.1. The van der Waals surface area contributed by atoms with Gasteiger partial charge in [-0.05, 0) is 19.1 Å². The molecule has 1 saturated heterocycles. The van der Waals surface area contributed by atoms with Crippen molar-refractivity contribution >= 4 is 11.8 Å². The van der Waals surface area contributed by atoms with Crippen LogP contribution in [0, 0.1) is 5.92 Å². The van der Waals surface area contributed by atoms with E-state index in [0.717, 1.165) is 5.76 Å². The van der Waals surface area contributed by atoms with Gasteiger partial charge in [-0.15, -0.1) is 0 Å². The minimum atomic E-state index is -0.225. The Morgan fingerprint density at radius 3 is 3.00 bits per heavy atom. The molecule has 1 atom stereocenters. The molecule has 1 aliphatic heterocycles. The number of carbonyl (C=O) groups is 2. The van der Waals surface area contributed by atoms with E-state index in [1.54, 1.807) is 17.2 Å². The van der Waals surface area contributed by atoms with E-state index in [1.807, 2.05) is 13.0 Å². The highest BCUT2D eigenvalue weighted by Crippen LogP contribution is 2.15. The SMILES string of the molecule is CCN(Cc1ccco1)C(=O)C1CNC(=O)C1. The van der Waals surface area contributed by atoms with E-state index >= 15 is 0 Å². The maximum Gasteiger partial charge on any atom is 0.228 e. The third-order valence-electron chi connectivity index (χ3n) is 2.95. The average molecular weight is 236 g/mol. The molecule has 0 bridgehead atoms. The number of hydrogen-bond donors (Lipinski definition) is 1. The zero-order valence-corrected chi connectivity index (χ0v) is 9.81. The first-order valence-electron chi connectivity index (χ1n) is 5.78. The minimum absolute atomic E-state index is 0.0160. The van der Waals surface area contributed by atoms with Gasteiger partial charge in [-0.3, -0.25) is 9.59 Å². The zero-order chi connectivity index (χ0) is 12.3. The van der Waals surface area contributed by atoms with E-state index in [0.29, 0.717) is 26.1 Å². The van der Waals surface area contributed by atoms with Crippen LogP contribution in [0.4, 0.5) is 0 Å². The maximum atomic E-state index is 12.1. The molecule has 0 aromatic carbocycles. The molecule has 0 spiro atoms. The van der Waals surface area contributed by atoms with Crippen molar-refractivity contribution in [1.82, 2.24) is 10.2 Å². The van der Waals surface area contributed by atoms with Crippen molar-refractivity contribution in [3.8, 4) is 0 Å². The topological polar surface area (TPSA) is 62.6 Å². The van der Waals surface area contributed by atoms with Gasteiger partial charge in [0.2, 0.25) is 11.8 Å². The molecule has 1 aromatic rings. The van der Waals surface area contributed by atoms with Crippen molar-refractivity contribution < 1.29 is 14.0 Å². The first-order valence-corrected chi connectivity index (χ1v) is 5.78.